The van der Waals surface area contributed by atoms with Crippen LogP contribution >= 0.6 is 0 Å². The van der Waals surface area contributed by atoms with Gasteiger partial charge in [0.25, 0.3) is 0 Å². The van der Waals surface area contributed by atoms with Crippen molar-refractivity contribution >= 4 is 5.57 Å². The summed E-state index contributed by atoms with van der Waals surface area (Å²) in [7, 11) is 0. The van der Waals surface area contributed by atoms with E-state index < -0.39 is 11.6 Å². The second kappa shape index (κ2) is 5.76. The minimum atomic E-state index is -0.763. The van der Waals surface area contributed by atoms with E-state index in [1.807, 2.05) is 19.1 Å². The maximum Gasteiger partial charge on any atom is 0.166 e. The maximum absolute atomic E-state index is 13.7. The van der Waals surface area contributed by atoms with E-state index in [1.165, 1.54) is 5.57 Å². The number of halogens is 2. The Morgan fingerprint density at radius 3 is 2.35 bits per heavy atom. The van der Waals surface area contributed by atoms with Crippen molar-refractivity contribution in [1.82, 2.24) is 0 Å². The van der Waals surface area contributed by atoms with Gasteiger partial charge in [0.1, 0.15) is 0 Å². The van der Waals surface area contributed by atoms with E-state index in [0.29, 0.717) is 11.1 Å². The maximum atomic E-state index is 13.7. The minimum absolute atomic E-state index is 0.327. The van der Waals surface area contributed by atoms with Gasteiger partial charge in [0, 0.05) is 5.56 Å². The van der Waals surface area contributed by atoms with Crippen LogP contribution in [-0.2, 0) is 0 Å². The lowest BCUT2D eigenvalue weighted by atomic mass is 10.0. The summed E-state index contributed by atoms with van der Waals surface area (Å²) in [6.45, 7) is 7.41. The largest absolute Gasteiger partial charge is 0.203 e. The fourth-order valence-electron chi connectivity index (χ4n) is 1.43. The molecule has 0 aliphatic rings. The molecule has 0 bridgehead atoms. The van der Waals surface area contributed by atoms with Crippen molar-refractivity contribution in [2.75, 3.05) is 0 Å². The first kappa shape index (κ1) is 13.6. The van der Waals surface area contributed by atoms with Crippen molar-refractivity contribution in [1.29, 1.82) is 0 Å². The van der Waals surface area contributed by atoms with Crippen molar-refractivity contribution < 1.29 is 8.78 Å². The smallest absolute Gasteiger partial charge is 0.166 e. The van der Waals surface area contributed by atoms with Crippen molar-refractivity contribution in [3.05, 3.63) is 52.6 Å². The van der Waals surface area contributed by atoms with Crippen LogP contribution in [0.5, 0.6) is 0 Å². The highest BCUT2D eigenvalue weighted by Crippen LogP contribution is 2.22. The molecule has 0 atom stereocenters. The standard InChI is InChI=1S/C15H18F2/c1-5-10(2)6-7-11(3)13-9-8-12(4)14(16)15(13)17/h6-9H,5H2,1-4H3/b10-6-,11-7+. The number of aryl methyl sites for hydroxylation is 1. The highest BCUT2D eigenvalue weighted by molar-refractivity contribution is 5.66. The first-order chi connectivity index (χ1) is 7.97. The zero-order chi connectivity index (χ0) is 13.0. The van der Waals surface area contributed by atoms with Crippen LogP contribution in [0.25, 0.3) is 5.57 Å². The highest BCUT2D eigenvalue weighted by atomic mass is 19.2. The first-order valence-electron chi connectivity index (χ1n) is 5.76. The van der Waals surface area contributed by atoms with E-state index in [-0.39, 0.29) is 0 Å². The van der Waals surface area contributed by atoms with Crippen LogP contribution < -0.4 is 0 Å². The van der Waals surface area contributed by atoms with Crippen molar-refractivity contribution in [3.63, 3.8) is 0 Å². The SMILES string of the molecule is CC/C(C)=C\C=C(/C)c1ccc(C)c(F)c1F. The van der Waals surface area contributed by atoms with Gasteiger partial charge in [0.2, 0.25) is 0 Å². The number of benzene rings is 1. The Labute approximate surface area is 102 Å². The Hall–Kier alpha value is -1.44. The fourth-order valence-corrected chi connectivity index (χ4v) is 1.43. The summed E-state index contributed by atoms with van der Waals surface area (Å²) in [5, 5.41) is 0. The van der Waals surface area contributed by atoms with Crippen LogP contribution in [0.2, 0.25) is 0 Å². The molecular formula is C15H18F2. The molecule has 0 nitrogen and oxygen atoms in total. The lowest BCUT2D eigenvalue weighted by Crippen LogP contribution is -1.94. The van der Waals surface area contributed by atoms with Crippen LogP contribution in [0.15, 0.2) is 29.9 Å². The average molecular weight is 236 g/mol. The summed E-state index contributed by atoms with van der Waals surface area (Å²) in [4.78, 5) is 0. The lowest BCUT2D eigenvalue weighted by Gasteiger charge is -2.06. The molecule has 0 saturated heterocycles. The van der Waals surface area contributed by atoms with Gasteiger partial charge in [-0.15, -0.1) is 0 Å². The van der Waals surface area contributed by atoms with Crippen LogP contribution in [0.1, 0.15) is 38.3 Å². The van der Waals surface area contributed by atoms with Gasteiger partial charge in [-0.05, 0) is 38.3 Å². The normalized spacial score (nSPS) is 13.1. The van der Waals surface area contributed by atoms with E-state index in [9.17, 15) is 8.78 Å². The van der Waals surface area contributed by atoms with Gasteiger partial charge in [-0.1, -0.05) is 36.8 Å². The van der Waals surface area contributed by atoms with Gasteiger partial charge in [0.05, 0.1) is 0 Å². The van der Waals surface area contributed by atoms with E-state index >= 15 is 0 Å². The molecular weight excluding hydrogens is 218 g/mol. The molecule has 0 fully saturated rings. The molecule has 1 rings (SSSR count). The van der Waals surface area contributed by atoms with Crippen molar-refractivity contribution in [2.24, 2.45) is 0 Å². The molecule has 0 aromatic heterocycles. The molecule has 17 heavy (non-hydrogen) atoms. The molecule has 0 unspecified atom stereocenters. The van der Waals surface area contributed by atoms with Gasteiger partial charge in [-0.3, -0.25) is 0 Å². The topological polar surface area (TPSA) is 0 Å². The molecule has 2 heteroatoms. The van der Waals surface area contributed by atoms with Gasteiger partial charge in [-0.2, -0.15) is 0 Å². The molecule has 1 aromatic carbocycles. The Bertz CT molecular complexity index is 468. The van der Waals surface area contributed by atoms with Gasteiger partial charge >= 0.3 is 0 Å². The van der Waals surface area contributed by atoms with Crippen LogP contribution in [0.4, 0.5) is 8.78 Å². The lowest BCUT2D eigenvalue weighted by molar-refractivity contribution is 0.501. The Morgan fingerprint density at radius 1 is 1.12 bits per heavy atom. The van der Waals surface area contributed by atoms with Crippen LogP contribution in [-0.4, -0.2) is 0 Å². The Kier molecular flexibility index (Phi) is 4.62. The van der Waals surface area contributed by atoms with Crippen LogP contribution in [0, 0.1) is 18.6 Å². The average Bonchev–Trinajstić information content (AvgIpc) is 2.32. The third-order valence-electron chi connectivity index (χ3n) is 2.88. The second-order valence-electron chi connectivity index (χ2n) is 4.27. The molecule has 0 spiro atoms. The molecule has 0 N–H and O–H groups in total. The van der Waals surface area contributed by atoms with E-state index in [0.717, 1.165) is 12.0 Å². The number of hydrogen-bond acceptors (Lipinski definition) is 0. The molecule has 0 aliphatic heterocycles. The molecule has 0 radical (unpaired) electrons. The number of hydrogen-bond donors (Lipinski definition) is 0. The summed E-state index contributed by atoms with van der Waals surface area (Å²) in [6.07, 6.45) is 4.72. The third kappa shape index (κ3) is 3.26. The molecule has 0 heterocycles. The van der Waals surface area contributed by atoms with Gasteiger partial charge < -0.3 is 0 Å². The molecule has 0 aliphatic carbocycles. The first-order valence-corrected chi connectivity index (χ1v) is 5.76. The zero-order valence-electron chi connectivity index (χ0n) is 10.8. The number of rotatable bonds is 3. The summed E-state index contributed by atoms with van der Waals surface area (Å²) >= 11 is 0. The molecule has 0 saturated carbocycles. The summed E-state index contributed by atoms with van der Waals surface area (Å²) in [5.74, 6) is -1.52. The Morgan fingerprint density at radius 2 is 1.76 bits per heavy atom. The number of allylic oxidation sites excluding steroid dienone is 4. The monoisotopic (exact) mass is 236 g/mol. The Balaban J connectivity index is 3.13. The molecule has 0 amide bonds. The predicted molar refractivity (Wildman–Crippen MR) is 68.8 cm³/mol. The zero-order valence-corrected chi connectivity index (χ0v) is 10.8. The summed E-state index contributed by atoms with van der Waals surface area (Å²) in [6, 6.07) is 3.22. The molecule has 92 valence electrons. The van der Waals surface area contributed by atoms with Crippen molar-refractivity contribution in [3.8, 4) is 0 Å². The molecule has 1 aromatic rings. The quantitative estimate of drug-likeness (QED) is 0.645. The van der Waals surface area contributed by atoms with Gasteiger partial charge in [0.15, 0.2) is 11.6 Å². The second-order valence-corrected chi connectivity index (χ2v) is 4.27. The van der Waals surface area contributed by atoms with Crippen molar-refractivity contribution in [2.45, 2.75) is 34.1 Å². The predicted octanol–water partition coefficient (Wildman–Crippen LogP) is 5.03. The summed E-state index contributed by atoms with van der Waals surface area (Å²) < 4.78 is 27.1. The fraction of sp³-hybridized carbons (Fsp3) is 0.333. The van der Waals surface area contributed by atoms with E-state index in [1.54, 1.807) is 26.0 Å². The van der Waals surface area contributed by atoms with E-state index in [4.69, 9.17) is 0 Å². The van der Waals surface area contributed by atoms with E-state index in [2.05, 4.69) is 6.92 Å². The minimum Gasteiger partial charge on any atom is -0.203 e. The third-order valence-corrected chi connectivity index (χ3v) is 2.88. The highest BCUT2D eigenvalue weighted by Gasteiger charge is 2.11. The van der Waals surface area contributed by atoms with Crippen LogP contribution in [0.3, 0.4) is 0 Å². The van der Waals surface area contributed by atoms with Gasteiger partial charge in [-0.25, -0.2) is 8.78 Å². The summed E-state index contributed by atoms with van der Waals surface area (Å²) in [5.41, 5.74) is 2.60.